The zero-order valence-electron chi connectivity index (χ0n) is 9.67. The number of alkyl halides is 3. The fraction of sp³-hybridized carbons (Fsp3) is 0.727. The second-order valence-electron chi connectivity index (χ2n) is 4.60. The molecule has 0 radical (unpaired) electrons. The lowest BCUT2D eigenvalue weighted by Crippen LogP contribution is -2.15. The maximum absolute atomic E-state index is 12.6. The number of halogens is 3. The van der Waals surface area contributed by atoms with Crippen LogP contribution in [0, 0.1) is 0 Å². The van der Waals surface area contributed by atoms with Crippen molar-refractivity contribution in [2.75, 3.05) is 6.54 Å². The second kappa shape index (κ2) is 4.33. The summed E-state index contributed by atoms with van der Waals surface area (Å²) in [6.07, 6.45) is -1.81. The Labute approximate surface area is 97.8 Å². The lowest BCUT2D eigenvalue weighted by Gasteiger charge is -2.14. The molecule has 0 spiro atoms. The maximum Gasteiger partial charge on any atom is 0.435 e. The summed E-state index contributed by atoms with van der Waals surface area (Å²) in [4.78, 5) is 0. The number of hydrogen-bond acceptors (Lipinski definition) is 2. The molecular formula is C11H16F3N3. The Morgan fingerprint density at radius 2 is 2.18 bits per heavy atom. The normalized spacial score (nSPS) is 18.4. The van der Waals surface area contributed by atoms with Crippen LogP contribution in [0.5, 0.6) is 0 Å². The first-order valence-electron chi connectivity index (χ1n) is 5.80. The van der Waals surface area contributed by atoms with Gasteiger partial charge in [-0.3, -0.25) is 4.68 Å². The lowest BCUT2D eigenvalue weighted by molar-refractivity contribution is -0.141. The first-order chi connectivity index (χ1) is 7.93. The summed E-state index contributed by atoms with van der Waals surface area (Å²) in [5.74, 6) is 0.249. The smallest absolute Gasteiger partial charge is 0.330 e. The molecule has 0 amide bonds. The molecule has 6 heteroatoms. The van der Waals surface area contributed by atoms with E-state index in [1.54, 1.807) is 0 Å². The summed E-state index contributed by atoms with van der Waals surface area (Å²) >= 11 is 0. The van der Waals surface area contributed by atoms with Crippen LogP contribution in [0.1, 0.15) is 49.5 Å². The van der Waals surface area contributed by atoms with Crippen molar-refractivity contribution >= 4 is 0 Å². The van der Waals surface area contributed by atoms with Crippen LogP contribution < -0.4 is 5.73 Å². The van der Waals surface area contributed by atoms with Gasteiger partial charge in [-0.25, -0.2) is 0 Å². The summed E-state index contributed by atoms with van der Waals surface area (Å²) in [7, 11) is 0. The molecule has 3 nitrogen and oxygen atoms in total. The summed E-state index contributed by atoms with van der Waals surface area (Å²) < 4.78 is 39.3. The molecule has 96 valence electrons. The lowest BCUT2D eigenvalue weighted by atomic mass is 10.2. The molecule has 2 N–H and O–H groups in total. The molecule has 1 fully saturated rings. The highest BCUT2D eigenvalue weighted by Crippen LogP contribution is 2.43. The maximum atomic E-state index is 12.6. The minimum Gasteiger partial charge on any atom is -0.330 e. The first kappa shape index (κ1) is 12.4. The van der Waals surface area contributed by atoms with Crippen molar-refractivity contribution in [1.82, 2.24) is 9.78 Å². The van der Waals surface area contributed by atoms with E-state index in [9.17, 15) is 13.2 Å². The SMILES string of the molecule is C[C@H](CCN)n1nc(C(F)(F)F)cc1C1CC1. The van der Waals surface area contributed by atoms with Gasteiger partial charge in [-0.15, -0.1) is 0 Å². The minimum absolute atomic E-state index is 0.0771. The highest BCUT2D eigenvalue weighted by Gasteiger charge is 2.38. The molecule has 1 aromatic heterocycles. The Morgan fingerprint density at radius 1 is 1.53 bits per heavy atom. The number of nitrogens with two attached hydrogens (primary N) is 1. The van der Waals surface area contributed by atoms with Gasteiger partial charge in [0.15, 0.2) is 5.69 Å². The van der Waals surface area contributed by atoms with E-state index in [-0.39, 0.29) is 12.0 Å². The van der Waals surface area contributed by atoms with Crippen molar-refractivity contribution in [3.63, 3.8) is 0 Å². The largest absolute Gasteiger partial charge is 0.435 e. The van der Waals surface area contributed by atoms with Gasteiger partial charge >= 0.3 is 6.18 Å². The van der Waals surface area contributed by atoms with E-state index < -0.39 is 11.9 Å². The number of rotatable bonds is 4. The third-order valence-electron chi connectivity index (χ3n) is 3.05. The Hall–Kier alpha value is -1.04. The van der Waals surface area contributed by atoms with E-state index >= 15 is 0 Å². The molecule has 0 aromatic carbocycles. The fourth-order valence-corrected chi connectivity index (χ4v) is 1.95. The van der Waals surface area contributed by atoms with Crippen molar-refractivity contribution in [3.05, 3.63) is 17.5 Å². The third-order valence-corrected chi connectivity index (χ3v) is 3.05. The topological polar surface area (TPSA) is 43.8 Å². The van der Waals surface area contributed by atoms with Crippen molar-refractivity contribution in [1.29, 1.82) is 0 Å². The van der Waals surface area contributed by atoms with Crippen LogP contribution in [0.4, 0.5) is 13.2 Å². The highest BCUT2D eigenvalue weighted by molar-refractivity contribution is 5.21. The molecule has 0 aliphatic heterocycles. The van der Waals surface area contributed by atoms with Crippen LogP contribution >= 0.6 is 0 Å². The summed E-state index contributed by atoms with van der Waals surface area (Å²) in [6.45, 7) is 2.30. The zero-order valence-corrected chi connectivity index (χ0v) is 9.67. The average Bonchev–Trinajstić information content (AvgIpc) is 2.95. The molecule has 2 rings (SSSR count). The zero-order chi connectivity index (χ0) is 12.6. The molecule has 1 aliphatic carbocycles. The Bertz CT molecular complexity index is 393. The molecule has 0 unspecified atom stereocenters. The monoisotopic (exact) mass is 247 g/mol. The highest BCUT2D eigenvalue weighted by atomic mass is 19.4. The van der Waals surface area contributed by atoms with Crippen LogP contribution in [-0.2, 0) is 6.18 Å². The van der Waals surface area contributed by atoms with Crippen molar-refractivity contribution in [2.45, 2.75) is 44.3 Å². The van der Waals surface area contributed by atoms with Gasteiger partial charge in [0.1, 0.15) is 0 Å². The molecule has 0 bridgehead atoms. The second-order valence-corrected chi connectivity index (χ2v) is 4.60. The van der Waals surface area contributed by atoms with E-state index in [2.05, 4.69) is 5.10 Å². The van der Waals surface area contributed by atoms with Crippen molar-refractivity contribution in [2.24, 2.45) is 5.73 Å². The van der Waals surface area contributed by atoms with Crippen LogP contribution in [0.25, 0.3) is 0 Å². The van der Waals surface area contributed by atoms with Gasteiger partial charge in [0.05, 0.1) is 6.04 Å². The van der Waals surface area contributed by atoms with E-state index in [1.165, 1.54) is 10.7 Å². The number of nitrogens with zero attached hydrogens (tertiary/aromatic N) is 2. The fourth-order valence-electron chi connectivity index (χ4n) is 1.95. The molecule has 1 saturated carbocycles. The molecule has 0 saturated heterocycles. The van der Waals surface area contributed by atoms with Gasteiger partial charge in [-0.1, -0.05) is 0 Å². The van der Waals surface area contributed by atoms with Crippen molar-refractivity contribution < 1.29 is 13.2 Å². The van der Waals surface area contributed by atoms with Gasteiger partial charge in [-0.2, -0.15) is 18.3 Å². The summed E-state index contributed by atoms with van der Waals surface area (Å²) in [6, 6.07) is 1.11. The van der Waals surface area contributed by atoms with Gasteiger partial charge in [0.25, 0.3) is 0 Å². The average molecular weight is 247 g/mol. The molecular weight excluding hydrogens is 231 g/mol. The third kappa shape index (κ3) is 2.62. The van der Waals surface area contributed by atoms with Crippen LogP contribution in [0.15, 0.2) is 6.07 Å². The predicted octanol–water partition coefficient (Wildman–Crippen LogP) is 2.69. The van der Waals surface area contributed by atoms with Gasteiger partial charge in [-0.05, 0) is 38.8 Å². The van der Waals surface area contributed by atoms with Gasteiger partial charge in [0, 0.05) is 11.6 Å². The minimum atomic E-state index is -4.36. The molecule has 1 atom stereocenters. The van der Waals surface area contributed by atoms with Crippen LogP contribution in [0.3, 0.4) is 0 Å². The van der Waals surface area contributed by atoms with Crippen molar-refractivity contribution in [3.8, 4) is 0 Å². The first-order valence-corrected chi connectivity index (χ1v) is 5.80. The number of hydrogen-bond donors (Lipinski definition) is 1. The van der Waals surface area contributed by atoms with Crippen LogP contribution in [0.2, 0.25) is 0 Å². The van der Waals surface area contributed by atoms with E-state index in [0.29, 0.717) is 18.7 Å². The Kier molecular flexibility index (Phi) is 3.16. The predicted molar refractivity (Wildman–Crippen MR) is 57.6 cm³/mol. The van der Waals surface area contributed by atoms with Gasteiger partial charge < -0.3 is 5.73 Å². The van der Waals surface area contributed by atoms with E-state index in [1.807, 2.05) is 6.92 Å². The molecule has 1 aliphatic rings. The molecule has 17 heavy (non-hydrogen) atoms. The Morgan fingerprint density at radius 3 is 2.65 bits per heavy atom. The summed E-state index contributed by atoms with van der Waals surface area (Å²) in [5.41, 5.74) is 5.36. The van der Waals surface area contributed by atoms with E-state index in [0.717, 1.165) is 12.8 Å². The van der Waals surface area contributed by atoms with Crippen LogP contribution in [-0.4, -0.2) is 16.3 Å². The summed E-state index contributed by atoms with van der Waals surface area (Å²) in [5, 5.41) is 3.70. The number of aromatic nitrogens is 2. The molecule has 1 heterocycles. The quantitative estimate of drug-likeness (QED) is 0.889. The van der Waals surface area contributed by atoms with E-state index in [4.69, 9.17) is 5.73 Å². The standard InChI is InChI=1S/C11H16F3N3/c1-7(4-5-15)17-9(8-2-3-8)6-10(16-17)11(12,13)14/h6-8H,2-5,15H2,1H3/t7-/m1/s1. The Balaban J connectivity index is 2.32. The van der Waals surface area contributed by atoms with Gasteiger partial charge in [0.2, 0.25) is 0 Å². The molecule has 1 aromatic rings.